The Hall–Kier alpha value is -2.09. The van der Waals surface area contributed by atoms with Crippen molar-refractivity contribution >= 4 is 11.4 Å². The summed E-state index contributed by atoms with van der Waals surface area (Å²) in [5, 5.41) is 23.2. The van der Waals surface area contributed by atoms with Gasteiger partial charge in [-0.25, -0.2) is 0 Å². The molecule has 106 valence electrons. The normalized spacial score (nSPS) is 22.0. The molecule has 0 amide bonds. The molecular weight excluding hydrogens is 254 g/mol. The van der Waals surface area contributed by atoms with Gasteiger partial charge in [0.25, 0.3) is 0 Å². The summed E-state index contributed by atoms with van der Waals surface area (Å²) in [6.07, 6.45) is 4.84. The van der Waals surface area contributed by atoms with Gasteiger partial charge in [0.05, 0.1) is 4.92 Å². The first kappa shape index (κ1) is 14.3. The van der Waals surface area contributed by atoms with E-state index in [1.54, 1.807) is 12.1 Å². The van der Waals surface area contributed by atoms with Crippen molar-refractivity contribution in [3.63, 3.8) is 0 Å². The molecule has 2 rings (SSSR count). The van der Waals surface area contributed by atoms with E-state index in [2.05, 4.69) is 12.2 Å². The molecule has 1 saturated carbocycles. The average Bonchev–Trinajstić information content (AvgIpc) is 2.44. The average molecular weight is 273 g/mol. The summed E-state index contributed by atoms with van der Waals surface area (Å²) in [7, 11) is 0. The van der Waals surface area contributed by atoms with Gasteiger partial charge >= 0.3 is 5.69 Å². The Morgan fingerprint density at radius 3 is 2.95 bits per heavy atom. The van der Waals surface area contributed by atoms with E-state index in [9.17, 15) is 10.1 Å². The van der Waals surface area contributed by atoms with Crippen molar-refractivity contribution in [1.29, 1.82) is 5.26 Å². The molecule has 0 bridgehead atoms. The van der Waals surface area contributed by atoms with Gasteiger partial charge in [-0.2, -0.15) is 5.26 Å². The fourth-order valence-corrected chi connectivity index (χ4v) is 2.97. The number of benzene rings is 1. The van der Waals surface area contributed by atoms with Crippen molar-refractivity contribution in [2.24, 2.45) is 11.8 Å². The van der Waals surface area contributed by atoms with Crippen LogP contribution in [0.4, 0.5) is 11.4 Å². The predicted octanol–water partition coefficient (Wildman–Crippen LogP) is 3.70. The lowest BCUT2D eigenvalue weighted by atomic mass is 9.82. The minimum atomic E-state index is -0.482. The van der Waals surface area contributed by atoms with Gasteiger partial charge in [-0.15, -0.1) is 0 Å². The zero-order chi connectivity index (χ0) is 14.5. The molecule has 1 aromatic carbocycles. The van der Waals surface area contributed by atoms with Crippen LogP contribution >= 0.6 is 0 Å². The molecule has 2 atom stereocenters. The highest BCUT2D eigenvalue weighted by molar-refractivity contribution is 5.68. The second-order valence-electron chi connectivity index (χ2n) is 5.59. The van der Waals surface area contributed by atoms with E-state index in [1.165, 1.54) is 31.7 Å². The van der Waals surface area contributed by atoms with Gasteiger partial charge in [0.15, 0.2) is 0 Å². The molecule has 20 heavy (non-hydrogen) atoms. The van der Waals surface area contributed by atoms with E-state index in [4.69, 9.17) is 5.26 Å². The van der Waals surface area contributed by atoms with Crippen LogP contribution in [0, 0.1) is 33.3 Å². The number of anilines is 1. The van der Waals surface area contributed by atoms with E-state index in [1.807, 2.05) is 6.07 Å². The maximum absolute atomic E-state index is 11.1. The molecule has 5 nitrogen and oxygen atoms in total. The first-order chi connectivity index (χ1) is 9.61. The van der Waals surface area contributed by atoms with Gasteiger partial charge < -0.3 is 5.32 Å². The first-order valence-corrected chi connectivity index (χ1v) is 7.03. The molecule has 0 radical (unpaired) electrons. The smallest absolute Gasteiger partial charge is 0.309 e. The molecule has 1 fully saturated rings. The summed E-state index contributed by atoms with van der Waals surface area (Å²) < 4.78 is 0. The number of hydrogen-bond acceptors (Lipinski definition) is 4. The SMILES string of the molecule is CC1CCCC(CNc2cccc(C#N)c2[N+](=O)[O-])C1. The van der Waals surface area contributed by atoms with Crippen LogP contribution in [0.1, 0.15) is 38.2 Å². The summed E-state index contributed by atoms with van der Waals surface area (Å²) in [5.41, 5.74) is 0.447. The van der Waals surface area contributed by atoms with E-state index < -0.39 is 4.92 Å². The lowest BCUT2D eigenvalue weighted by Gasteiger charge is -2.27. The lowest BCUT2D eigenvalue weighted by Crippen LogP contribution is -2.21. The quantitative estimate of drug-likeness (QED) is 0.670. The summed E-state index contributed by atoms with van der Waals surface area (Å²) in [5.74, 6) is 1.29. The Bertz CT molecular complexity index is 536. The van der Waals surface area contributed by atoms with E-state index in [0.29, 0.717) is 11.6 Å². The first-order valence-electron chi connectivity index (χ1n) is 7.03. The minimum absolute atomic E-state index is 0.108. The number of rotatable bonds is 4. The van der Waals surface area contributed by atoms with E-state index in [0.717, 1.165) is 12.5 Å². The van der Waals surface area contributed by atoms with Crippen LogP contribution in [0.3, 0.4) is 0 Å². The second kappa shape index (κ2) is 6.38. The molecule has 5 heteroatoms. The molecule has 1 aliphatic carbocycles. The summed E-state index contributed by atoms with van der Waals surface area (Å²) >= 11 is 0. The topological polar surface area (TPSA) is 79.0 Å². The van der Waals surface area contributed by atoms with Gasteiger partial charge in [-0.3, -0.25) is 10.1 Å². The highest BCUT2D eigenvalue weighted by Gasteiger charge is 2.22. The Morgan fingerprint density at radius 2 is 2.30 bits per heavy atom. The Balaban J connectivity index is 2.09. The van der Waals surface area contributed by atoms with Crippen LogP contribution in [0.5, 0.6) is 0 Å². The zero-order valence-electron chi connectivity index (χ0n) is 11.6. The molecule has 1 N–H and O–H groups in total. The molecule has 1 aromatic rings. The van der Waals surface area contributed by atoms with Gasteiger partial charge in [0.2, 0.25) is 0 Å². The Kier molecular flexibility index (Phi) is 4.57. The van der Waals surface area contributed by atoms with Crippen LogP contribution < -0.4 is 5.32 Å². The number of nitro benzene ring substituents is 1. The van der Waals surface area contributed by atoms with Crippen LogP contribution in [-0.4, -0.2) is 11.5 Å². The molecule has 2 unspecified atom stereocenters. The van der Waals surface area contributed by atoms with Crippen LogP contribution in [0.15, 0.2) is 18.2 Å². The van der Waals surface area contributed by atoms with E-state index >= 15 is 0 Å². The summed E-state index contributed by atoms with van der Waals surface area (Å²) in [6.45, 7) is 2.99. The third-order valence-corrected chi connectivity index (χ3v) is 3.97. The van der Waals surface area contributed by atoms with Crippen molar-refractivity contribution in [3.05, 3.63) is 33.9 Å². The maximum atomic E-state index is 11.1. The third-order valence-electron chi connectivity index (χ3n) is 3.97. The molecule has 0 aliphatic heterocycles. The van der Waals surface area contributed by atoms with Crippen molar-refractivity contribution in [2.45, 2.75) is 32.6 Å². The fourth-order valence-electron chi connectivity index (χ4n) is 2.97. The van der Waals surface area contributed by atoms with Gasteiger partial charge in [0, 0.05) is 6.54 Å². The highest BCUT2D eigenvalue weighted by Crippen LogP contribution is 2.31. The fraction of sp³-hybridized carbons (Fsp3) is 0.533. The second-order valence-corrected chi connectivity index (χ2v) is 5.59. The molecule has 1 aliphatic rings. The Morgan fingerprint density at radius 1 is 1.50 bits per heavy atom. The number of nitro groups is 1. The van der Waals surface area contributed by atoms with Crippen LogP contribution in [0.25, 0.3) is 0 Å². The summed E-state index contributed by atoms with van der Waals surface area (Å²) in [6, 6.07) is 6.71. The minimum Gasteiger partial charge on any atom is -0.379 e. The van der Waals surface area contributed by atoms with Gasteiger partial charge in [-0.1, -0.05) is 25.8 Å². The van der Waals surface area contributed by atoms with Gasteiger partial charge in [-0.05, 0) is 36.8 Å². The number of hydrogen-bond donors (Lipinski definition) is 1. The van der Waals surface area contributed by atoms with Crippen LogP contribution in [0.2, 0.25) is 0 Å². The standard InChI is InChI=1S/C15H19N3O2/c1-11-4-2-5-12(8-11)10-17-14-7-3-6-13(9-16)15(14)18(19)20/h3,6-7,11-12,17H,2,4-5,8,10H2,1H3. The molecule has 0 spiro atoms. The Labute approximate surface area is 118 Å². The van der Waals surface area contributed by atoms with Crippen molar-refractivity contribution < 1.29 is 4.92 Å². The molecule has 0 saturated heterocycles. The predicted molar refractivity (Wildman–Crippen MR) is 77.4 cm³/mol. The molecule has 0 heterocycles. The maximum Gasteiger partial charge on any atom is 0.309 e. The van der Waals surface area contributed by atoms with E-state index in [-0.39, 0.29) is 11.3 Å². The van der Waals surface area contributed by atoms with Crippen molar-refractivity contribution in [2.75, 3.05) is 11.9 Å². The summed E-state index contributed by atoms with van der Waals surface area (Å²) in [4.78, 5) is 10.6. The number of para-hydroxylation sites is 1. The molecular formula is C15H19N3O2. The zero-order valence-corrected chi connectivity index (χ0v) is 11.6. The molecule has 0 aromatic heterocycles. The van der Waals surface area contributed by atoms with Crippen molar-refractivity contribution in [3.8, 4) is 6.07 Å². The highest BCUT2D eigenvalue weighted by atomic mass is 16.6. The van der Waals surface area contributed by atoms with Crippen LogP contribution in [-0.2, 0) is 0 Å². The lowest BCUT2D eigenvalue weighted by molar-refractivity contribution is -0.384. The number of nitrogens with one attached hydrogen (secondary N) is 1. The number of nitrogens with zero attached hydrogens (tertiary/aromatic N) is 2. The monoisotopic (exact) mass is 273 g/mol. The largest absolute Gasteiger partial charge is 0.379 e. The number of nitriles is 1. The van der Waals surface area contributed by atoms with Gasteiger partial charge in [0.1, 0.15) is 17.3 Å². The third kappa shape index (κ3) is 3.27. The van der Waals surface area contributed by atoms with Crippen molar-refractivity contribution in [1.82, 2.24) is 0 Å².